The lowest BCUT2D eigenvalue weighted by Crippen LogP contribution is -2.44. The zero-order valence-corrected chi connectivity index (χ0v) is 21.0. The summed E-state index contributed by atoms with van der Waals surface area (Å²) < 4.78 is 67.0. The standard InChI is InChI=1S/C19H14IN5O8S2/c20-12-1-3-13(4-2-12)23-21-19(22-24(23)14-5-7-15(8-6-14)25(26)27)17-10-9-16(34(28,29)30)11-18(17)35(31,32)33/h1-11H,(H,21,22)(H,28,29,30)(H,31,32,33). The molecule has 3 N–H and O–H groups in total. The Labute approximate surface area is 212 Å². The van der Waals surface area contributed by atoms with Crippen molar-refractivity contribution in [3.05, 3.63) is 86.0 Å². The summed E-state index contributed by atoms with van der Waals surface area (Å²) in [5.41, 5.74) is 3.42. The van der Waals surface area contributed by atoms with Gasteiger partial charge in [-0.2, -0.15) is 27.1 Å². The van der Waals surface area contributed by atoms with Gasteiger partial charge < -0.3 is 0 Å². The van der Waals surface area contributed by atoms with E-state index in [0.29, 0.717) is 17.4 Å². The number of halogens is 1. The van der Waals surface area contributed by atoms with Gasteiger partial charge in [-0.25, -0.2) is 0 Å². The second-order valence-electron chi connectivity index (χ2n) is 7.02. The molecule has 3 aromatic rings. The van der Waals surface area contributed by atoms with Crippen LogP contribution in [0.3, 0.4) is 0 Å². The lowest BCUT2D eigenvalue weighted by atomic mass is 10.2. The number of benzene rings is 3. The molecule has 0 unspecified atom stereocenters. The third-order valence-electron chi connectivity index (χ3n) is 4.74. The van der Waals surface area contributed by atoms with Gasteiger partial charge in [-0.15, -0.1) is 5.10 Å². The minimum Gasteiger partial charge on any atom is -0.282 e. The maximum Gasteiger partial charge on any atom is 0.295 e. The van der Waals surface area contributed by atoms with Crippen LogP contribution in [0.2, 0.25) is 0 Å². The Hall–Kier alpha value is -3.32. The van der Waals surface area contributed by atoms with E-state index >= 15 is 0 Å². The van der Waals surface area contributed by atoms with Gasteiger partial charge in [-0.1, -0.05) is 0 Å². The summed E-state index contributed by atoms with van der Waals surface area (Å²) in [4.78, 5) is 8.90. The van der Waals surface area contributed by atoms with Gasteiger partial charge in [0.2, 0.25) is 0 Å². The van der Waals surface area contributed by atoms with Crippen LogP contribution in [-0.4, -0.2) is 36.7 Å². The lowest BCUT2D eigenvalue weighted by molar-refractivity contribution is -0.384. The molecule has 0 spiro atoms. The van der Waals surface area contributed by atoms with E-state index in [1.807, 2.05) is 0 Å². The van der Waals surface area contributed by atoms with Gasteiger partial charge in [-0.05, 0) is 77.2 Å². The number of nitro benzene ring substituents is 1. The molecule has 1 aliphatic rings. The van der Waals surface area contributed by atoms with Crippen LogP contribution in [0.15, 0.2) is 81.6 Å². The van der Waals surface area contributed by atoms with Gasteiger partial charge in [0.15, 0.2) is 5.84 Å². The largest absolute Gasteiger partial charge is 0.295 e. The SMILES string of the molecule is O=[N+]([O-])c1ccc(N2NC(c3ccc(S(=O)(=O)O)cc3S(=O)(=O)O)=NN2c2ccc(I)cc2)cc1. The monoisotopic (exact) mass is 631 g/mol. The second-order valence-corrected chi connectivity index (χ2v) is 11.1. The van der Waals surface area contributed by atoms with Crippen LogP contribution in [0.25, 0.3) is 0 Å². The molecule has 0 bridgehead atoms. The maximum absolute atomic E-state index is 12.0. The Morgan fingerprint density at radius 1 is 0.886 bits per heavy atom. The molecule has 0 aromatic heterocycles. The normalized spacial score (nSPS) is 14.0. The van der Waals surface area contributed by atoms with E-state index < -0.39 is 35.0 Å². The summed E-state index contributed by atoms with van der Waals surface area (Å²) in [6, 6.07) is 15.1. The second kappa shape index (κ2) is 9.04. The van der Waals surface area contributed by atoms with Gasteiger partial charge in [0.05, 0.1) is 21.2 Å². The van der Waals surface area contributed by atoms with E-state index in [2.05, 4.69) is 33.1 Å². The smallest absolute Gasteiger partial charge is 0.282 e. The van der Waals surface area contributed by atoms with Crippen LogP contribution in [0.4, 0.5) is 17.1 Å². The highest BCUT2D eigenvalue weighted by molar-refractivity contribution is 14.1. The Morgan fingerprint density at radius 3 is 2.03 bits per heavy atom. The number of nitrogens with one attached hydrogen (secondary N) is 1. The van der Waals surface area contributed by atoms with E-state index in [1.54, 1.807) is 24.3 Å². The van der Waals surface area contributed by atoms with Crippen LogP contribution in [0.1, 0.15) is 5.56 Å². The summed E-state index contributed by atoms with van der Waals surface area (Å²) in [7, 11) is -9.71. The van der Waals surface area contributed by atoms with E-state index in [-0.39, 0.29) is 17.1 Å². The average molecular weight is 631 g/mol. The zero-order chi connectivity index (χ0) is 25.5. The first-order valence-electron chi connectivity index (χ1n) is 9.39. The van der Waals surface area contributed by atoms with Crippen molar-refractivity contribution in [2.45, 2.75) is 9.79 Å². The fourth-order valence-corrected chi connectivity index (χ4v) is 4.79. The molecule has 0 radical (unpaired) electrons. The third kappa shape index (κ3) is 5.20. The van der Waals surface area contributed by atoms with Crippen LogP contribution >= 0.6 is 22.6 Å². The van der Waals surface area contributed by atoms with E-state index in [4.69, 9.17) is 0 Å². The number of rotatable bonds is 6. The lowest BCUT2D eigenvalue weighted by Gasteiger charge is -2.27. The van der Waals surface area contributed by atoms with Crippen LogP contribution < -0.4 is 15.7 Å². The van der Waals surface area contributed by atoms with Gasteiger partial charge in [0.1, 0.15) is 4.90 Å². The van der Waals surface area contributed by atoms with Crippen molar-refractivity contribution in [2.75, 3.05) is 10.2 Å². The van der Waals surface area contributed by atoms with Crippen LogP contribution in [-0.2, 0) is 20.2 Å². The Balaban J connectivity index is 1.85. The van der Waals surface area contributed by atoms with Crippen molar-refractivity contribution in [3.63, 3.8) is 0 Å². The molecule has 0 saturated heterocycles. The molecule has 0 fully saturated rings. The van der Waals surface area contributed by atoms with Crippen LogP contribution in [0, 0.1) is 13.7 Å². The topological polar surface area (TPSA) is 183 Å². The number of amidine groups is 1. The average Bonchev–Trinajstić information content (AvgIpc) is 3.23. The number of hydrogen-bond donors (Lipinski definition) is 3. The van der Waals surface area contributed by atoms with E-state index in [9.17, 15) is 36.1 Å². The van der Waals surface area contributed by atoms with Gasteiger partial charge in [0.25, 0.3) is 25.9 Å². The molecule has 3 aromatic carbocycles. The van der Waals surface area contributed by atoms with Crippen molar-refractivity contribution in [2.24, 2.45) is 5.10 Å². The maximum atomic E-state index is 12.0. The van der Waals surface area contributed by atoms with Crippen molar-refractivity contribution in [1.82, 2.24) is 5.43 Å². The number of hydrogen-bond acceptors (Lipinski definition) is 10. The molecule has 0 aliphatic carbocycles. The number of hydrazine groups is 2. The molecule has 4 rings (SSSR count). The molecule has 1 aliphatic heterocycles. The Kier molecular flexibility index (Phi) is 6.40. The van der Waals surface area contributed by atoms with Crippen LogP contribution in [0.5, 0.6) is 0 Å². The summed E-state index contributed by atoms with van der Waals surface area (Å²) >= 11 is 2.11. The minimum absolute atomic E-state index is 0.101. The number of anilines is 2. The molecule has 182 valence electrons. The highest BCUT2D eigenvalue weighted by Gasteiger charge is 2.31. The Bertz CT molecular complexity index is 1560. The van der Waals surface area contributed by atoms with Crippen molar-refractivity contribution >= 4 is 65.7 Å². The van der Waals surface area contributed by atoms with Crippen molar-refractivity contribution in [1.29, 1.82) is 0 Å². The van der Waals surface area contributed by atoms with Crippen molar-refractivity contribution in [3.8, 4) is 0 Å². The highest BCUT2D eigenvalue weighted by atomic mass is 127. The fourth-order valence-electron chi connectivity index (χ4n) is 3.13. The van der Waals surface area contributed by atoms with Gasteiger partial charge in [0, 0.05) is 21.3 Å². The molecular weight excluding hydrogens is 617 g/mol. The molecule has 35 heavy (non-hydrogen) atoms. The Morgan fingerprint density at radius 2 is 1.49 bits per heavy atom. The minimum atomic E-state index is -4.95. The summed E-state index contributed by atoms with van der Waals surface area (Å²) in [5.74, 6) is -0.101. The first-order valence-corrected chi connectivity index (χ1v) is 13.4. The molecule has 16 heteroatoms. The quantitative estimate of drug-likeness (QED) is 0.157. The number of hydrazone groups is 1. The summed E-state index contributed by atoms with van der Waals surface area (Å²) in [5, 5.41) is 18.1. The third-order valence-corrected chi connectivity index (χ3v) is 7.20. The molecule has 13 nitrogen and oxygen atoms in total. The van der Waals surface area contributed by atoms with E-state index in [1.165, 1.54) is 34.5 Å². The van der Waals surface area contributed by atoms with Crippen molar-refractivity contribution < 1.29 is 30.9 Å². The molecule has 0 atom stereocenters. The molecule has 0 amide bonds. The summed E-state index contributed by atoms with van der Waals surface area (Å²) in [6.07, 6.45) is 0. The van der Waals surface area contributed by atoms with E-state index in [0.717, 1.165) is 15.7 Å². The first kappa shape index (κ1) is 24.8. The summed E-state index contributed by atoms with van der Waals surface area (Å²) in [6.45, 7) is 0. The molecule has 1 heterocycles. The fraction of sp³-hybridized carbons (Fsp3) is 0. The molecular formula is C19H14IN5O8S2. The zero-order valence-electron chi connectivity index (χ0n) is 17.2. The predicted molar refractivity (Wildman–Crippen MR) is 133 cm³/mol. The van der Waals surface area contributed by atoms with Gasteiger partial charge in [-0.3, -0.25) is 24.6 Å². The first-order chi connectivity index (χ1) is 16.3. The highest BCUT2D eigenvalue weighted by Crippen LogP contribution is 2.29. The molecule has 0 saturated carbocycles. The number of nitro groups is 1. The number of nitrogens with zero attached hydrogens (tertiary/aromatic N) is 4. The number of non-ortho nitro benzene ring substituents is 1. The predicted octanol–water partition coefficient (Wildman–Crippen LogP) is 2.80. The van der Waals surface area contributed by atoms with Gasteiger partial charge >= 0.3 is 0 Å².